The molecule has 4 aromatic carbocycles. The van der Waals surface area contributed by atoms with E-state index in [0.29, 0.717) is 11.1 Å². The van der Waals surface area contributed by atoms with Crippen molar-refractivity contribution in [3.05, 3.63) is 120 Å². The predicted molar refractivity (Wildman–Crippen MR) is 145 cm³/mol. The van der Waals surface area contributed by atoms with Crippen molar-refractivity contribution in [3.63, 3.8) is 0 Å². The van der Waals surface area contributed by atoms with Crippen molar-refractivity contribution < 1.29 is 9.59 Å². The summed E-state index contributed by atoms with van der Waals surface area (Å²) in [7, 11) is 0. The van der Waals surface area contributed by atoms with Gasteiger partial charge in [0.15, 0.2) is 0 Å². The lowest BCUT2D eigenvalue weighted by molar-refractivity contribution is 0.0892. The fourth-order valence-electron chi connectivity index (χ4n) is 4.81. The fraction of sp³-hybridized carbons (Fsp3) is 0.188. The topological polar surface area (TPSA) is 58.2 Å². The Labute approximate surface area is 212 Å². The first-order chi connectivity index (χ1) is 17.7. The van der Waals surface area contributed by atoms with Crippen LogP contribution in [0.1, 0.15) is 46.4 Å². The quantitative estimate of drug-likeness (QED) is 0.335. The van der Waals surface area contributed by atoms with Gasteiger partial charge in [-0.25, -0.2) is 0 Å². The third kappa shape index (κ3) is 5.72. The van der Waals surface area contributed by atoms with Gasteiger partial charge in [0, 0.05) is 23.2 Å². The summed E-state index contributed by atoms with van der Waals surface area (Å²) in [6.07, 6.45) is 3.41. The van der Waals surface area contributed by atoms with Crippen LogP contribution in [0.15, 0.2) is 109 Å². The van der Waals surface area contributed by atoms with Crippen LogP contribution in [0.5, 0.6) is 0 Å². The van der Waals surface area contributed by atoms with Gasteiger partial charge in [0.2, 0.25) is 0 Å². The lowest BCUT2D eigenvalue weighted by atomic mass is 9.90. The molecule has 4 heteroatoms. The Kier molecular flexibility index (Phi) is 7.23. The Morgan fingerprint density at radius 1 is 0.444 bits per heavy atom. The molecule has 1 aliphatic carbocycles. The molecule has 0 aromatic heterocycles. The number of hydrogen-bond acceptors (Lipinski definition) is 2. The summed E-state index contributed by atoms with van der Waals surface area (Å²) in [5.74, 6) is -0.0822. The number of nitrogens with one attached hydrogen (secondary N) is 2. The summed E-state index contributed by atoms with van der Waals surface area (Å²) in [6, 6.07) is 36.0. The van der Waals surface area contributed by atoms with Crippen LogP contribution in [-0.2, 0) is 0 Å². The zero-order chi connectivity index (χ0) is 24.7. The van der Waals surface area contributed by atoms with Crippen molar-refractivity contribution >= 4 is 11.8 Å². The molecule has 0 radical (unpaired) electrons. The third-order valence-corrected chi connectivity index (χ3v) is 6.91. The van der Waals surface area contributed by atoms with Gasteiger partial charge in [0.05, 0.1) is 0 Å². The van der Waals surface area contributed by atoms with E-state index in [4.69, 9.17) is 0 Å². The van der Waals surface area contributed by atoms with Crippen molar-refractivity contribution in [1.82, 2.24) is 10.6 Å². The SMILES string of the molecule is O=C(NC1CCC(NC(=O)c2ccc(-c3ccccc3)cc2)CC1)c1ccc(-c2ccccc2)cc1. The number of carbonyl (C=O) groups excluding carboxylic acids is 2. The molecule has 1 fully saturated rings. The second-order valence-corrected chi connectivity index (χ2v) is 9.38. The summed E-state index contributed by atoms with van der Waals surface area (Å²) >= 11 is 0. The lowest BCUT2D eigenvalue weighted by Crippen LogP contribution is -2.43. The molecule has 36 heavy (non-hydrogen) atoms. The smallest absolute Gasteiger partial charge is 0.251 e. The maximum atomic E-state index is 12.8. The van der Waals surface area contributed by atoms with Gasteiger partial charge < -0.3 is 10.6 Å². The van der Waals surface area contributed by atoms with Gasteiger partial charge in [-0.3, -0.25) is 9.59 Å². The van der Waals surface area contributed by atoms with Gasteiger partial charge in [-0.2, -0.15) is 0 Å². The highest BCUT2D eigenvalue weighted by Crippen LogP contribution is 2.23. The molecule has 2 N–H and O–H groups in total. The molecule has 1 saturated carbocycles. The van der Waals surface area contributed by atoms with Gasteiger partial charge in [-0.1, -0.05) is 84.9 Å². The highest BCUT2D eigenvalue weighted by molar-refractivity contribution is 5.95. The Hall–Kier alpha value is -4.18. The van der Waals surface area contributed by atoms with E-state index in [2.05, 4.69) is 34.9 Å². The molecule has 0 atom stereocenters. The van der Waals surface area contributed by atoms with E-state index < -0.39 is 0 Å². The van der Waals surface area contributed by atoms with Crippen molar-refractivity contribution in [2.75, 3.05) is 0 Å². The molecule has 5 rings (SSSR count). The maximum absolute atomic E-state index is 12.8. The van der Waals surface area contributed by atoms with E-state index in [1.165, 1.54) is 0 Å². The molecule has 180 valence electrons. The summed E-state index contributed by atoms with van der Waals surface area (Å²) in [5, 5.41) is 6.34. The first-order valence-electron chi connectivity index (χ1n) is 12.6. The second kappa shape index (κ2) is 11.0. The van der Waals surface area contributed by atoms with E-state index in [0.717, 1.165) is 47.9 Å². The van der Waals surface area contributed by atoms with E-state index in [-0.39, 0.29) is 23.9 Å². The first kappa shape index (κ1) is 23.6. The number of rotatable bonds is 6. The molecular weight excluding hydrogens is 444 g/mol. The molecule has 0 aliphatic heterocycles. The molecule has 2 amide bonds. The number of carbonyl (C=O) groups is 2. The third-order valence-electron chi connectivity index (χ3n) is 6.91. The van der Waals surface area contributed by atoms with Crippen molar-refractivity contribution in [2.45, 2.75) is 37.8 Å². The molecule has 4 aromatic rings. The molecule has 1 aliphatic rings. The maximum Gasteiger partial charge on any atom is 0.251 e. The minimum absolute atomic E-state index is 0.0411. The Morgan fingerprint density at radius 3 is 1.08 bits per heavy atom. The van der Waals surface area contributed by atoms with Crippen LogP contribution in [0.4, 0.5) is 0 Å². The van der Waals surface area contributed by atoms with Crippen molar-refractivity contribution in [3.8, 4) is 22.3 Å². The predicted octanol–water partition coefficient (Wildman–Crippen LogP) is 6.49. The number of benzene rings is 4. The monoisotopic (exact) mass is 474 g/mol. The Morgan fingerprint density at radius 2 is 0.750 bits per heavy atom. The fourth-order valence-corrected chi connectivity index (χ4v) is 4.81. The molecule has 0 heterocycles. The van der Waals surface area contributed by atoms with Crippen molar-refractivity contribution in [2.24, 2.45) is 0 Å². The summed E-state index contributed by atoms with van der Waals surface area (Å²) in [4.78, 5) is 25.5. The van der Waals surface area contributed by atoms with Gasteiger partial charge in [-0.15, -0.1) is 0 Å². The van der Waals surface area contributed by atoms with E-state index >= 15 is 0 Å². The molecular formula is C32H30N2O2. The summed E-state index contributed by atoms with van der Waals surface area (Å²) < 4.78 is 0. The summed E-state index contributed by atoms with van der Waals surface area (Å²) in [6.45, 7) is 0. The highest BCUT2D eigenvalue weighted by atomic mass is 16.2. The van der Waals surface area contributed by atoms with Crippen molar-refractivity contribution in [1.29, 1.82) is 0 Å². The normalized spacial score (nSPS) is 17.2. The second-order valence-electron chi connectivity index (χ2n) is 9.38. The Balaban J connectivity index is 1.09. The molecule has 0 spiro atoms. The largest absolute Gasteiger partial charge is 0.349 e. The Bertz CT molecular complexity index is 1190. The van der Waals surface area contributed by atoms with Gasteiger partial charge in [0.1, 0.15) is 0 Å². The number of hydrogen-bond donors (Lipinski definition) is 2. The van der Waals surface area contributed by atoms with Crippen LogP contribution in [0.25, 0.3) is 22.3 Å². The van der Waals surface area contributed by atoms with Crippen LogP contribution in [-0.4, -0.2) is 23.9 Å². The van der Waals surface area contributed by atoms with Gasteiger partial charge >= 0.3 is 0 Å². The zero-order valence-corrected chi connectivity index (χ0v) is 20.2. The average Bonchev–Trinajstić information content (AvgIpc) is 2.95. The molecule has 0 bridgehead atoms. The first-order valence-corrected chi connectivity index (χ1v) is 12.6. The van der Waals surface area contributed by atoms with E-state index in [9.17, 15) is 9.59 Å². The van der Waals surface area contributed by atoms with E-state index in [1.54, 1.807) is 0 Å². The standard InChI is InChI=1S/C32H30N2O2/c35-31(27-15-11-25(12-16-27)23-7-3-1-4-8-23)33-29-19-21-30(22-20-29)34-32(36)28-17-13-26(14-18-28)24-9-5-2-6-10-24/h1-18,29-30H,19-22H2,(H,33,35)(H,34,36). The zero-order valence-electron chi connectivity index (χ0n) is 20.2. The van der Waals surface area contributed by atoms with Crippen LogP contribution in [0.2, 0.25) is 0 Å². The van der Waals surface area contributed by atoms with Crippen LogP contribution < -0.4 is 10.6 Å². The average molecular weight is 475 g/mol. The molecule has 0 unspecified atom stereocenters. The van der Waals surface area contributed by atoms with E-state index in [1.807, 2.05) is 84.9 Å². The minimum Gasteiger partial charge on any atom is -0.349 e. The van der Waals surface area contributed by atoms with Crippen LogP contribution >= 0.6 is 0 Å². The lowest BCUT2D eigenvalue weighted by Gasteiger charge is -2.29. The summed E-state index contributed by atoms with van der Waals surface area (Å²) in [5.41, 5.74) is 5.80. The van der Waals surface area contributed by atoms with Gasteiger partial charge in [-0.05, 0) is 72.2 Å². The molecule has 0 saturated heterocycles. The highest BCUT2D eigenvalue weighted by Gasteiger charge is 2.24. The van der Waals surface area contributed by atoms with Crippen LogP contribution in [0, 0.1) is 0 Å². The van der Waals surface area contributed by atoms with Crippen LogP contribution in [0.3, 0.4) is 0 Å². The number of amides is 2. The molecule has 4 nitrogen and oxygen atoms in total. The minimum atomic E-state index is -0.0411. The van der Waals surface area contributed by atoms with Gasteiger partial charge in [0.25, 0.3) is 11.8 Å².